The Morgan fingerprint density at radius 3 is 2.05 bits per heavy atom. The molecular weight excluding hydrogens is 336 g/mol. The van der Waals surface area contributed by atoms with Gasteiger partial charge in [0.15, 0.2) is 0 Å². The molecule has 0 spiro atoms. The van der Waals surface area contributed by atoms with Gasteiger partial charge in [0.2, 0.25) is 0 Å². The highest BCUT2D eigenvalue weighted by molar-refractivity contribution is 9.09. The van der Waals surface area contributed by atoms with E-state index in [2.05, 4.69) is 20.7 Å². The fraction of sp³-hybridized carbons (Fsp3) is 0.875. The highest BCUT2D eigenvalue weighted by Crippen LogP contribution is 2.42. The zero-order valence-corrected chi connectivity index (χ0v) is 14.7. The Hall–Kier alpha value is -0.580. The molecule has 2 fully saturated rings. The maximum absolute atomic E-state index is 11.5. The lowest BCUT2D eigenvalue weighted by atomic mass is 9.83. The second-order valence-corrected chi connectivity index (χ2v) is 6.72. The molecule has 0 saturated heterocycles. The van der Waals surface area contributed by atoms with Crippen molar-refractivity contribution in [2.45, 2.75) is 57.8 Å². The first-order valence-corrected chi connectivity index (χ1v) is 8.94. The third kappa shape index (κ3) is 5.28. The molecule has 0 aromatic heterocycles. The molecule has 5 heteroatoms. The number of alkyl halides is 1. The van der Waals surface area contributed by atoms with Crippen LogP contribution in [0.15, 0.2) is 0 Å². The number of halogens is 1. The van der Waals surface area contributed by atoms with Crippen molar-refractivity contribution in [3.05, 3.63) is 0 Å². The van der Waals surface area contributed by atoms with Crippen LogP contribution < -0.4 is 0 Å². The van der Waals surface area contributed by atoms with Crippen molar-refractivity contribution in [1.29, 1.82) is 0 Å². The number of esters is 2. The summed E-state index contributed by atoms with van der Waals surface area (Å²) in [6.45, 7) is 0. The molecule has 0 heterocycles. The van der Waals surface area contributed by atoms with Crippen LogP contribution in [0.5, 0.6) is 0 Å². The van der Waals surface area contributed by atoms with Crippen LogP contribution in [0.1, 0.15) is 57.8 Å². The Labute approximate surface area is 136 Å². The molecule has 4 nitrogen and oxygen atoms in total. The van der Waals surface area contributed by atoms with Crippen molar-refractivity contribution in [3.8, 4) is 0 Å². The smallest absolute Gasteiger partial charge is 0.311 e. The van der Waals surface area contributed by atoms with Crippen molar-refractivity contribution in [2.75, 3.05) is 19.5 Å². The van der Waals surface area contributed by atoms with Crippen molar-refractivity contribution < 1.29 is 19.1 Å². The van der Waals surface area contributed by atoms with Gasteiger partial charge in [0, 0.05) is 5.33 Å². The first kappa shape index (κ1) is 18.5. The molecule has 0 aromatic carbocycles. The van der Waals surface area contributed by atoms with E-state index in [1.165, 1.54) is 39.9 Å². The molecular formula is C16H27BrO4. The van der Waals surface area contributed by atoms with E-state index in [-0.39, 0.29) is 23.3 Å². The maximum atomic E-state index is 11.5. The number of hydrogen-bond donors (Lipinski definition) is 0. The van der Waals surface area contributed by atoms with E-state index in [0.29, 0.717) is 0 Å². The van der Waals surface area contributed by atoms with Crippen molar-refractivity contribution >= 4 is 27.9 Å². The molecule has 0 atom stereocenters. The summed E-state index contributed by atoms with van der Waals surface area (Å²) in [4.78, 5) is 22.3. The summed E-state index contributed by atoms with van der Waals surface area (Å²) in [7, 11) is 2.94. The van der Waals surface area contributed by atoms with Gasteiger partial charge in [-0.1, -0.05) is 41.6 Å². The number of rotatable bonds is 4. The quantitative estimate of drug-likeness (QED) is 0.562. The van der Waals surface area contributed by atoms with Crippen molar-refractivity contribution in [2.24, 2.45) is 11.3 Å². The molecule has 0 radical (unpaired) electrons. The summed E-state index contributed by atoms with van der Waals surface area (Å²) in [6.07, 6.45) is 9.72. The van der Waals surface area contributed by atoms with Gasteiger partial charge < -0.3 is 9.47 Å². The molecule has 2 aliphatic carbocycles. The minimum Gasteiger partial charge on any atom is -0.469 e. The first-order valence-electron chi connectivity index (χ1n) is 7.82. The second-order valence-electron chi connectivity index (χ2n) is 5.92. The van der Waals surface area contributed by atoms with E-state index in [9.17, 15) is 9.59 Å². The standard InChI is InChI=1S/C9H15BrO2.C7H12O2/c1-12-8(11)9(6-7-10)4-2-3-5-9;1-9-7(8)6-4-2-3-5-6/h2-7H2,1H3;6H,2-5H2,1H3. The molecule has 21 heavy (non-hydrogen) atoms. The van der Waals surface area contributed by atoms with Crippen molar-refractivity contribution in [1.82, 2.24) is 0 Å². The summed E-state index contributed by atoms with van der Waals surface area (Å²) < 4.78 is 9.43. The van der Waals surface area contributed by atoms with Gasteiger partial charge in [0.25, 0.3) is 0 Å². The maximum Gasteiger partial charge on any atom is 0.311 e. The topological polar surface area (TPSA) is 52.6 Å². The number of carbonyl (C=O) groups is 2. The Balaban J connectivity index is 0.000000219. The Morgan fingerprint density at radius 1 is 1.05 bits per heavy atom. The van der Waals surface area contributed by atoms with Gasteiger partial charge in [-0.3, -0.25) is 9.59 Å². The largest absolute Gasteiger partial charge is 0.469 e. The fourth-order valence-corrected chi connectivity index (χ4v) is 4.09. The molecule has 0 unspecified atom stereocenters. The predicted octanol–water partition coefficient (Wildman–Crippen LogP) is 3.85. The number of carbonyl (C=O) groups excluding carboxylic acids is 2. The summed E-state index contributed by atoms with van der Waals surface area (Å²) in [6, 6.07) is 0. The number of hydrogen-bond acceptors (Lipinski definition) is 4. The average Bonchev–Trinajstić information content (AvgIpc) is 3.18. The zero-order chi connectivity index (χ0) is 15.7. The summed E-state index contributed by atoms with van der Waals surface area (Å²) in [5.41, 5.74) is -0.155. The van der Waals surface area contributed by atoms with E-state index in [4.69, 9.17) is 4.74 Å². The minimum atomic E-state index is -0.155. The predicted molar refractivity (Wildman–Crippen MR) is 85.3 cm³/mol. The lowest BCUT2D eigenvalue weighted by Crippen LogP contribution is -2.29. The Bertz CT molecular complexity index is 331. The second kappa shape index (κ2) is 9.44. The molecule has 2 aliphatic rings. The van der Waals surface area contributed by atoms with E-state index >= 15 is 0 Å². The van der Waals surface area contributed by atoms with Gasteiger partial charge in [-0.25, -0.2) is 0 Å². The first-order chi connectivity index (χ1) is 10.1. The van der Waals surface area contributed by atoms with Gasteiger partial charge in [0.05, 0.1) is 25.6 Å². The summed E-state index contributed by atoms with van der Waals surface area (Å²) in [5, 5.41) is 0.891. The molecule has 0 N–H and O–H groups in total. The summed E-state index contributed by atoms with van der Waals surface area (Å²) in [5.74, 6) is 0.182. The van der Waals surface area contributed by atoms with E-state index in [1.807, 2.05) is 0 Å². The Morgan fingerprint density at radius 2 is 1.62 bits per heavy atom. The lowest BCUT2D eigenvalue weighted by Gasteiger charge is -2.24. The normalized spacial score (nSPS) is 20.5. The average molecular weight is 363 g/mol. The van der Waals surface area contributed by atoms with Crippen LogP contribution in [0.25, 0.3) is 0 Å². The van der Waals surface area contributed by atoms with Crippen LogP contribution in [-0.2, 0) is 19.1 Å². The molecule has 2 rings (SSSR count). The van der Waals surface area contributed by atoms with Crippen LogP contribution in [0.4, 0.5) is 0 Å². The van der Waals surface area contributed by atoms with Gasteiger partial charge in [-0.15, -0.1) is 0 Å². The third-order valence-electron chi connectivity index (χ3n) is 4.64. The number of methoxy groups -OCH3 is 2. The molecule has 2 saturated carbocycles. The lowest BCUT2D eigenvalue weighted by molar-refractivity contribution is -0.152. The van der Waals surface area contributed by atoms with Gasteiger partial charge in [0.1, 0.15) is 0 Å². The molecule has 0 aliphatic heterocycles. The Kier molecular flexibility index (Phi) is 8.30. The molecule has 122 valence electrons. The summed E-state index contributed by atoms with van der Waals surface area (Å²) >= 11 is 3.38. The van der Waals surface area contributed by atoms with Gasteiger partial charge in [-0.2, -0.15) is 0 Å². The minimum absolute atomic E-state index is 0.0144. The van der Waals surface area contributed by atoms with Crippen LogP contribution in [0.3, 0.4) is 0 Å². The zero-order valence-electron chi connectivity index (χ0n) is 13.2. The van der Waals surface area contributed by atoms with E-state index in [1.54, 1.807) is 0 Å². The van der Waals surface area contributed by atoms with Crippen LogP contribution in [-0.4, -0.2) is 31.5 Å². The third-order valence-corrected chi connectivity index (χ3v) is 5.04. The highest BCUT2D eigenvalue weighted by Gasteiger charge is 2.41. The van der Waals surface area contributed by atoms with Gasteiger partial charge in [-0.05, 0) is 32.1 Å². The fourth-order valence-electron chi connectivity index (χ4n) is 3.33. The van der Waals surface area contributed by atoms with Crippen LogP contribution in [0, 0.1) is 11.3 Å². The van der Waals surface area contributed by atoms with Crippen LogP contribution in [0.2, 0.25) is 0 Å². The van der Waals surface area contributed by atoms with Crippen LogP contribution >= 0.6 is 15.9 Å². The number of ether oxygens (including phenoxy) is 2. The molecule has 0 aromatic rings. The van der Waals surface area contributed by atoms with Gasteiger partial charge >= 0.3 is 11.9 Å². The monoisotopic (exact) mass is 362 g/mol. The van der Waals surface area contributed by atoms with Crippen molar-refractivity contribution in [3.63, 3.8) is 0 Å². The highest BCUT2D eigenvalue weighted by atomic mass is 79.9. The molecule has 0 amide bonds. The molecule has 0 bridgehead atoms. The SMILES string of the molecule is COC(=O)C1(CCBr)CCCC1.COC(=O)C1CCCC1. The van der Waals surface area contributed by atoms with E-state index in [0.717, 1.165) is 37.4 Å². The van der Waals surface area contributed by atoms with E-state index < -0.39 is 0 Å².